The van der Waals surface area contributed by atoms with Crippen LogP contribution in [-0.2, 0) is 6.54 Å². The number of aromatic nitrogens is 2. The highest BCUT2D eigenvalue weighted by Gasteiger charge is 2.18. The van der Waals surface area contributed by atoms with Crippen LogP contribution in [0.1, 0.15) is 11.1 Å². The molecule has 8 heteroatoms. The molecule has 198 valence electrons. The Morgan fingerprint density at radius 3 is 2.72 bits per heavy atom. The van der Waals surface area contributed by atoms with Gasteiger partial charge in [0.15, 0.2) is 0 Å². The third-order valence-electron chi connectivity index (χ3n) is 7.45. The number of rotatable bonds is 8. The topological polar surface area (TPSA) is 74.2 Å². The second kappa shape index (κ2) is 11.2. The Hall–Kier alpha value is -3.74. The van der Waals surface area contributed by atoms with Crippen molar-refractivity contribution < 1.29 is 0 Å². The molecular formula is C31H33N7S. The molecule has 0 saturated carbocycles. The van der Waals surface area contributed by atoms with E-state index in [1.165, 1.54) is 11.1 Å². The minimum atomic E-state index is 0.541. The number of pyridine rings is 1. The first-order valence-electron chi connectivity index (χ1n) is 13.4. The first-order valence-corrected chi connectivity index (χ1v) is 14.2. The van der Waals surface area contributed by atoms with Crippen molar-refractivity contribution in [3.63, 3.8) is 0 Å². The molecule has 0 aliphatic carbocycles. The molecule has 1 aliphatic rings. The van der Waals surface area contributed by atoms with E-state index in [9.17, 15) is 5.26 Å². The third kappa shape index (κ3) is 5.68. The van der Waals surface area contributed by atoms with Crippen LogP contribution in [-0.4, -0.2) is 78.0 Å². The molecule has 0 spiro atoms. The fourth-order valence-corrected chi connectivity index (χ4v) is 6.23. The number of piperazine rings is 1. The Morgan fingerprint density at radius 1 is 1.05 bits per heavy atom. The molecule has 0 atom stereocenters. The number of hydrogen-bond acceptors (Lipinski definition) is 7. The van der Waals surface area contributed by atoms with Crippen molar-refractivity contribution in [3.8, 4) is 16.5 Å². The molecule has 6 rings (SSSR count). The van der Waals surface area contributed by atoms with Crippen LogP contribution in [0.2, 0.25) is 0 Å². The molecule has 39 heavy (non-hydrogen) atoms. The summed E-state index contributed by atoms with van der Waals surface area (Å²) in [5, 5.41) is 15.5. The summed E-state index contributed by atoms with van der Waals surface area (Å²) < 4.78 is 0. The van der Waals surface area contributed by atoms with Crippen LogP contribution in [0.25, 0.3) is 31.6 Å². The number of thiophene rings is 1. The predicted molar refractivity (Wildman–Crippen MR) is 162 cm³/mol. The van der Waals surface area contributed by atoms with Crippen LogP contribution in [0, 0.1) is 11.3 Å². The molecule has 2 aromatic carbocycles. The van der Waals surface area contributed by atoms with Crippen molar-refractivity contribution in [3.05, 3.63) is 78.1 Å². The van der Waals surface area contributed by atoms with Gasteiger partial charge < -0.3 is 15.2 Å². The first-order chi connectivity index (χ1) is 19.1. The number of nitrogens with zero attached hydrogens (tertiary/aromatic N) is 5. The highest BCUT2D eigenvalue weighted by Crippen LogP contribution is 2.39. The lowest BCUT2D eigenvalue weighted by atomic mass is 10.1. The van der Waals surface area contributed by atoms with Crippen molar-refractivity contribution in [2.75, 3.05) is 58.7 Å². The normalized spacial score (nSPS) is 14.8. The quantitative estimate of drug-likeness (QED) is 0.264. The van der Waals surface area contributed by atoms with Gasteiger partial charge in [-0.3, -0.25) is 9.80 Å². The SMILES string of the molecule is CN(C)CCN1CCN(Cc2cccc(-c3cc4c(Nc5ccc6[nH]ccc6c5)c(C#N)cnc4s3)c2)CC1. The Bertz CT molecular complexity index is 1640. The lowest BCUT2D eigenvalue weighted by Crippen LogP contribution is -2.47. The van der Waals surface area contributed by atoms with Crippen LogP contribution in [0.15, 0.2) is 67.0 Å². The summed E-state index contributed by atoms with van der Waals surface area (Å²) in [5.74, 6) is 0. The lowest BCUT2D eigenvalue weighted by molar-refractivity contribution is 0.120. The summed E-state index contributed by atoms with van der Waals surface area (Å²) in [7, 11) is 4.28. The van der Waals surface area contributed by atoms with E-state index in [1.54, 1.807) is 17.5 Å². The predicted octanol–water partition coefficient (Wildman–Crippen LogP) is 5.74. The maximum atomic E-state index is 9.84. The molecule has 1 fully saturated rings. The molecular weight excluding hydrogens is 502 g/mol. The van der Waals surface area contributed by atoms with Gasteiger partial charge in [0.05, 0.1) is 11.3 Å². The minimum absolute atomic E-state index is 0.541. The zero-order valence-electron chi connectivity index (χ0n) is 22.4. The van der Waals surface area contributed by atoms with E-state index in [2.05, 4.69) is 98.7 Å². The van der Waals surface area contributed by atoms with Crippen molar-refractivity contribution in [1.29, 1.82) is 5.26 Å². The number of hydrogen-bond donors (Lipinski definition) is 2. The summed E-state index contributed by atoms with van der Waals surface area (Å²) in [6.45, 7) is 7.68. The maximum Gasteiger partial charge on any atom is 0.126 e. The number of H-pyrrole nitrogens is 1. The van der Waals surface area contributed by atoms with E-state index in [1.807, 2.05) is 12.3 Å². The van der Waals surface area contributed by atoms with Crippen LogP contribution >= 0.6 is 11.3 Å². The van der Waals surface area contributed by atoms with E-state index >= 15 is 0 Å². The van der Waals surface area contributed by atoms with E-state index in [4.69, 9.17) is 0 Å². The molecule has 4 heterocycles. The minimum Gasteiger partial charge on any atom is -0.361 e. The highest BCUT2D eigenvalue weighted by atomic mass is 32.1. The standard InChI is InChI=1S/C31H33N7S/c1-36(2)10-11-37-12-14-38(15-13-37)21-22-4-3-5-24(16-22)29-18-27-30(25(19-32)20-34-31(27)39-29)35-26-6-7-28-23(17-26)8-9-33-28/h3-9,16-18,20,33H,10-15,21H2,1-2H3,(H,34,35). The fraction of sp³-hybridized carbons (Fsp3) is 0.290. The summed E-state index contributed by atoms with van der Waals surface area (Å²) in [6.07, 6.45) is 3.61. The van der Waals surface area contributed by atoms with Gasteiger partial charge in [-0.2, -0.15) is 5.26 Å². The van der Waals surface area contributed by atoms with Crippen LogP contribution in [0.3, 0.4) is 0 Å². The molecule has 0 bridgehead atoms. The number of benzene rings is 2. The van der Waals surface area contributed by atoms with Gasteiger partial charge in [-0.05, 0) is 61.6 Å². The molecule has 5 aromatic rings. The van der Waals surface area contributed by atoms with Crippen molar-refractivity contribution in [1.82, 2.24) is 24.7 Å². The maximum absolute atomic E-state index is 9.84. The molecule has 1 saturated heterocycles. The van der Waals surface area contributed by atoms with Crippen LogP contribution in [0.5, 0.6) is 0 Å². The van der Waals surface area contributed by atoms with Gasteiger partial charge in [-0.15, -0.1) is 11.3 Å². The Kier molecular flexibility index (Phi) is 7.31. The Labute approximate surface area is 233 Å². The monoisotopic (exact) mass is 535 g/mol. The fourth-order valence-electron chi connectivity index (χ4n) is 5.22. The number of fused-ring (bicyclic) bond motifs is 2. The largest absolute Gasteiger partial charge is 0.361 e. The second-order valence-corrected chi connectivity index (χ2v) is 11.5. The number of likely N-dealkylation sites (N-methyl/N-ethyl adjacent to an activating group) is 1. The summed E-state index contributed by atoms with van der Waals surface area (Å²) in [4.78, 5) is 17.3. The van der Waals surface area contributed by atoms with Crippen molar-refractivity contribution in [2.45, 2.75) is 6.54 Å². The lowest BCUT2D eigenvalue weighted by Gasteiger charge is -2.35. The second-order valence-electron chi connectivity index (χ2n) is 10.5. The summed E-state index contributed by atoms with van der Waals surface area (Å²) in [5.41, 5.74) is 5.91. The third-order valence-corrected chi connectivity index (χ3v) is 8.54. The van der Waals surface area contributed by atoms with Gasteiger partial charge in [0.2, 0.25) is 0 Å². The van der Waals surface area contributed by atoms with Gasteiger partial charge in [0.1, 0.15) is 10.9 Å². The molecule has 0 amide bonds. The molecule has 3 aromatic heterocycles. The molecule has 2 N–H and O–H groups in total. The molecule has 0 unspecified atom stereocenters. The van der Waals surface area contributed by atoms with E-state index in [0.717, 1.165) is 83.2 Å². The van der Waals surface area contributed by atoms with E-state index in [0.29, 0.717) is 5.56 Å². The number of nitriles is 1. The average molecular weight is 536 g/mol. The molecule has 1 aliphatic heterocycles. The van der Waals surface area contributed by atoms with Gasteiger partial charge >= 0.3 is 0 Å². The van der Waals surface area contributed by atoms with Crippen LogP contribution in [0.4, 0.5) is 11.4 Å². The van der Waals surface area contributed by atoms with Gasteiger partial charge in [-0.1, -0.05) is 18.2 Å². The first kappa shape index (κ1) is 25.5. The van der Waals surface area contributed by atoms with Crippen molar-refractivity contribution in [2.24, 2.45) is 0 Å². The number of aromatic amines is 1. The Balaban J connectivity index is 1.22. The van der Waals surface area contributed by atoms with E-state index in [-0.39, 0.29) is 0 Å². The smallest absolute Gasteiger partial charge is 0.126 e. The van der Waals surface area contributed by atoms with E-state index < -0.39 is 0 Å². The van der Waals surface area contributed by atoms with Gasteiger partial charge in [0, 0.05) is 85.1 Å². The van der Waals surface area contributed by atoms with Crippen molar-refractivity contribution >= 4 is 43.8 Å². The zero-order chi connectivity index (χ0) is 26.8. The number of nitrogens with one attached hydrogen (secondary N) is 2. The van der Waals surface area contributed by atoms with Crippen LogP contribution < -0.4 is 5.32 Å². The summed E-state index contributed by atoms with van der Waals surface area (Å²) >= 11 is 1.67. The molecule has 7 nitrogen and oxygen atoms in total. The zero-order valence-corrected chi connectivity index (χ0v) is 23.3. The highest BCUT2D eigenvalue weighted by molar-refractivity contribution is 7.22. The molecule has 0 radical (unpaired) electrons. The van der Waals surface area contributed by atoms with Gasteiger partial charge in [-0.25, -0.2) is 4.98 Å². The van der Waals surface area contributed by atoms with Gasteiger partial charge in [0.25, 0.3) is 0 Å². The average Bonchev–Trinajstić information content (AvgIpc) is 3.60. The number of anilines is 2. The summed E-state index contributed by atoms with van der Waals surface area (Å²) in [6, 6.07) is 21.6. The Morgan fingerprint density at radius 2 is 1.90 bits per heavy atom.